The number of halogens is 3. The molecule has 1 N–H and O–H groups in total. The summed E-state index contributed by atoms with van der Waals surface area (Å²) in [4.78, 5) is 38.7. The lowest BCUT2D eigenvalue weighted by Crippen LogP contribution is -2.54. The molecule has 0 spiro atoms. The normalized spacial score (nSPS) is 14.8. The van der Waals surface area contributed by atoms with Crippen molar-refractivity contribution in [2.24, 2.45) is 0 Å². The number of nitrogens with one attached hydrogen (secondary N) is 1. The number of nitrogens with zero attached hydrogens (tertiary/aromatic N) is 1. The first-order valence-corrected chi connectivity index (χ1v) is 10.9. The Hall–Kier alpha value is -3.88. The summed E-state index contributed by atoms with van der Waals surface area (Å²) in [5.41, 5.74) is 1.02. The molecule has 7 nitrogen and oxygen atoms in total. The molecule has 4 amide bonds. The van der Waals surface area contributed by atoms with E-state index in [0.717, 1.165) is 4.90 Å². The molecule has 0 aliphatic carbocycles. The van der Waals surface area contributed by atoms with Crippen LogP contribution in [-0.4, -0.2) is 25.0 Å². The van der Waals surface area contributed by atoms with Crippen LogP contribution in [0.2, 0.25) is 10.0 Å². The Labute approximate surface area is 209 Å². The summed E-state index contributed by atoms with van der Waals surface area (Å²) in [6.45, 7) is 0.0972. The van der Waals surface area contributed by atoms with Gasteiger partial charge in [-0.05, 0) is 65.7 Å². The lowest BCUT2D eigenvalue weighted by atomic mass is 10.1. The number of hydrogen-bond donors (Lipinski definition) is 1. The Bertz CT molecular complexity index is 1320. The van der Waals surface area contributed by atoms with Gasteiger partial charge in [-0.1, -0.05) is 35.3 Å². The van der Waals surface area contributed by atoms with E-state index in [0.29, 0.717) is 16.9 Å². The van der Waals surface area contributed by atoms with E-state index >= 15 is 0 Å². The van der Waals surface area contributed by atoms with Gasteiger partial charge >= 0.3 is 6.03 Å². The van der Waals surface area contributed by atoms with Crippen LogP contribution in [-0.2, 0) is 16.2 Å². The zero-order valence-corrected chi connectivity index (χ0v) is 19.7. The van der Waals surface area contributed by atoms with Gasteiger partial charge in [-0.15, -0.1) is 0 Å². The summed E-state index contributed by atoms with van der Waals surface area (Å²) in [6, 6.07) is 14.0. The molecule has 0 unspecified atom stereocenters. The van der Waals surface area contributed by atoms with Crippen LogP contribution < -0.4 is 19.7 Å². The fraction of sp³-hybridized carbons (Fsp3) is 0.0800. The van der Waals surface area contributed by atoms with Crippen LogP contribution in [0, 0.1) is 5.82 Å². The first-order valence-electron chi connectivity index (χ1n) is 10.2. The highest BCUT2D eigenvalue weighted by Crippen LogP contribution is 2.36. The van der Waals surface area contributed by atoms with Gasteiger partial charge in [0, 0.05) is 0 Å². The highest BCUT2D eigenvalue weighted by molar-refractivity contribution is 6.40. The van der Waals surface area contributed by atoms with E-state index < -0.39 is 17.8 Å². The number of hydrogen-bond acceptors (Lipinski definition) is 5. The summed E-state index contributed by atoms with van der Waals surface area (Å²) >= 11 is 12.7. The quantitative estimate of drug-likeness (QED) is 0.352. The number of carbonyl (C=O) groups is 3. The lowest BCUT2D eigenvalue weighted by Gasteiger charge is -2.26. The molecular formula is C25H17Cl2FN2O5. The molecule has 0 radical (unpaired) electrons. The highest BCUT2D eigenvalue weighted by atomic mass is 35.5. The molecule has 4 rings (SSSR count). The van der Waals surface area contributed by atoms with Gasteiger partial charge in [-0.3, -0.25) is 14.9 Å². The molecule has 178 valence electrons. The van der Waals surface area contributed by atoms with E-state index in [9.17, 15) is 18.8 Å². The van der Waals surface area contributed by atoms with Crippen molar-refractivity contribution in [1.29, 1.82) is 0 Å². The molecular weight excluding hydrogens is 498 g/mol. The van der Waals surface area contributed by atoms with Crippen molar-refractivity contribution in [2.45, 2.75) is 6.61 Å². The summed E-state index contributed by atoms with van der Waals surface area (Å²) in [5.74, 6) is -1.30. The van der Waals surface area contributed by atoms with E-state index in [1.807, 2.05) is 0 Å². The minimum atomic E-state index is -0.872. The van der Waals surface area contributed by atoms with Gasteiger partial charge in [0.2, 0.25) is 0 Å². The van der Waals surface area contributed by atoms with Crippen LogP contribution in [0.3, 0.4) is 0 Å². The van der Waals surface area contributed by atoms with Crippen molar-refractivity contribution in [1.82, 2.24) is 5.32 Å². The average molecular weight is 515 g/mol. The van der Waals surface area contributed by atoms with Crippen molar-refractivity contribution in [3.8, 4) is 11.5 Å². The number of methoxy groups -OCH3 is 1. The van der Waals surface area contributed by atoms with Crippen LogP contribution in [0.1, 0.15) is 11.1 Å². The van der Waals surface area contributed by atoms with E-state index in [1.54, 1.807) is 24.3 Å². The maximum atomic E-state index is 13.1. The van der Waals surface area contributed by atoms with Crippen LogP contribution in [0.5, 0.6) is 11.5 Å². The number of carbonyl (C=O) groups excluding carboxylic acids is 3. The second kappa shape index (κ2) is 10.2. The first-order chi connectivity index (χ1) is 16.8. The Morgan fingerprint density at radius 3 is 2.20 bits per heavy atom. The van der Waals surface area contributed by atoms with Crippen LogP contribution in [0.25, 0.3) is 6.08 Å². The zero-order chi connectivity index (χ0) is 25.1. The van der Waals surface area contributed by atoms with E-state index in [2.05, 4.69) is 5.32 Å². The fourth-order valence-corrected chi connectivity index (χ4v) is 3.94. The molecule has 10 heteroatoms. The number of urea groups is 1. The van der Waals surface area contributed by atoms with Gasteiger partial charge in [0.05, 0.1) is 22.8 Å². The number of imide groups is 2. The molecule has 0 bridgehead atoms. The average Bonchev–Trinajstić information content (AvgIpc) is 2.82. The smallest absolute Gasteiger partial charge is 0.335 e. The molecule has 1 aliphatic rings. The van der Waals surface area contributed by atoms with Gasteiger partial charge in [0.1, 0.15) is 23.7 Å². The summed E-state index contributed by atoms with van der Waals surface area (Å²) in [5, 5.41) is 2.43. The van der Waals surface area contributed by atoms with Crippen molar-refractivity contribution >= 4 is 52.8 Å². The van der Waals surface area contributed by atoms with Gasteiger partial charge < -0.3 is 9.47 Å². The Kier molecular flexibility index (Phi) is 7.04. The van der Waals surface area contributed by atoms with Crippen molar-refractivity contribution in [3.05, 3.63) is 93.2 Å². The van der Waals surface area contributed by atoms with Crippen LogP contribution >= 0.6 is 23.2 Å². The first kappa shape index (κ1) is 24.3. The minimum Gasteiger partial charge on any atom is -0.497 e. The summed E-state index contributed by atoms with van der Waals surface area (Å²) in [6.07, 6.45) is 1.28. The fourth-order valence-electron chi connectivity index (χ4n) is 3.33. The standard InChI is InChI=1S/C25H17Cl2FN2O5/c1-34-18-8-6-17(7-9-18)30-24(32)19(23(31)29-25(30)33)10-15-11-20(26)22(21(27)12-15)35-13-14-2-4-16(28)5-3-14/h2-12H,13H2,1H3,(H,29,31,33)/b19-10+. The number of amides is 4. The van der Waals surface area contributed by atoms with Crippen molar-refractivity contribution in [2.75, 3.05) is 12.0 Å². The number of anilines is 1. The third-order valence-electron chi connectivity index (χ3n) is 5.06. The Morgan fingerprint density at radius 2 is 1.60 bits per heavy atom. The molecule has 3 aromatic rings. The minimum absolute atomic E-state index is 0.0972. The molecule has 1 heterocycles. The predicted octanol–water partition coefficient (Wildman–Crippen LogP) is 5.39. The number of benzene rings is 3. The molecule has 0 atom stereocenters. The highest BCUT2D eigenvalue weighted by Gasteiger charge is 2.36. The number of barbiturate groups is 1. The topological polar surface area (TPSA) is 84.9 Å². The Balaban J connectivity index is 1.59. The van der Waals surface area contributed by atoms with E-state index in [4.69, 9.17) is 32.7 Å². The Morgan fingerprint density at radius 1 is 0.971 bits per heavy atom. The van der Waals surface area contributed by atoms with Gasteiger partial charge in [0.25, 0.3) is 11.8 Å². The van der Waals surface area contributed by atoms with Crippen molar-refractivity contribution < 1.29 is 28.2 Å². The molecule has 1 saturated heterocycles. The third-order valence-corrected chi connectivity index (χ3v) is 5.62. The predicted molar refractivity (Wildman–Crippen MR) is 129 cm³/mol. The summed E-state index contributed by atoms with van der Waals surface area (Å²) < 4.78 is 23.8. The molecule has 0 aromatic heterocycles. The van der Waals surface area contributed by atoms with E-state index in [-0.39, 0.29) is 39.5 Å². The second-order valence-electron chi connectivity index (χ2n) is 7.38. The monoisotopic (exact) mass is 514 g/mol. The maximum Gasteiger partial charge on any atom is 0.335 e. The molecule has 1 aliphatic heterocycles. The molecule has 0 saturated carbocycles. The number of rotatable bonds is 6. The maximum absolute atomic E-state index is 13.1. The molecule has 35 heavy (non-hydrogen) atoms. The summed E-state index contributed by atoms with van der Waals surface area (Å²) in [7, 11) is 1.49. The van der Waals surface area contributed by atoms with Gasteiger partial charge in [-0.25, -0.2) is 14.1 Å². The molecule has 3 aromatic carbocycles. The van der Waals surface area contributed by atoms with E-state index in [1.165, 1.54) is 49.6 Å². The van der Waals surface area contributed by atoms with Gasteiger partial charge in [0.15, 0.2) is 5.75 Å². The second-order valence-corrected chi connectivity index (χ2v) is 8.20. The van der Waals surface area contributed by atoms with Gasteiger partial charge in [-0.2, -0.15) is 0 Å². The zero-order valence-electron chi connectivity index (χ0n) is 18.2. The van der Waals surface area contributed by atoms with Crippen molar-refractivity contribution in [3.63, 3.8) is 0 Å². The number of ether oxygens (including phenoxy) is 2. The molecule has 1 fully saturated rings. The third kappa shape index (κ3) is 5.29. The lowest BCUT2D eigenvalue weighted by molar-refractivity contribution is -0.122. The largest absolute Gasteiger partial charge is 0.497 e. The van der Waals surface area contributed by atoms with Crippen LogP contribution in [0.15, 0.2) is 66.2 Å². The SMILES string of the molecule is COc1ccc(N2C(=O)NC(=O)/C(=C\c3cc(Cl)c(OCc4ccc(F)cc4)c(Cl)c3)C2=O)cc1. The van der Waals surface area contributed by atoms with Crippen LogP contribution in [0.4, 0.5) is 14.9 Å².